The Morgan fingerprint density at radius 1 is 1.53 bits per heavy atom. The van der Waals surface area contributed by atoms with E-state index in [0.29, 0.717) is 12.1 Å². The third-order valence-electron chi connectivity index (χ3n) is 2.57. The molecule has 0 spiro atoms. The van der Waals surface area contributed by atoms with Crippen LogP contribution in [0.1, 0.15) is 19.4 Å². The third kappa shape index (κ3) is 3.78. The van der Waals surface area contributed by atoms with Gasteiger partial charge in [-0.05, 0) is 23.8 Å². The number of amides is 1. The van der Waals surface area contributed by atoms with Gasteiger partial charge >= 0.3 is 0 Å². The molecule has 3 nitrogen and oxygen atoms in total. The lowest BCUT2D eigenvalue weighted by Crippen LogP contribution is -2.40. The number of rotatable bonds is 4. The molecule has 0 aromatic heterocycles. The van der Waals surface area contributed by atoms with E-state index in [-0.39, 0.29) is 18.3 Å². The van der Waals surface area contributed by atoms with E-state index in [1.54, 1.807) is 12.1 Å². The van der Waals surface area contributed by atoms with Crippen molar-refractivity contribution in [3.63, 3.8) is 0 Å². The monoisotopic (exact) mass is 302 g/mol. The maximum Gasteiger partial charge on any atom is 0.233 e. The molecule has 0 unspecified atom stereocenters. The van der Waals surface area contributed by atoms with Gasteiger partial charge in [-0.15, -0.1) is 0 Å². The molecular formula is C12H16BrFN2O. The summed E-state index contributed by atoms with van der Waals surface area (Å²) in [5.41, 5.74) is 5.27. The van der Waals surface area contributed by atoms with Crippen molar-refractivity contribution in [2.24, 2.45) is 5.73 Å². The first-order valence-corrected chi connectivity index (χ1v) is 6.08. The van der Waals surface area contributed by atoms with Gasteiger partial charge in [-0.2, -0.15) is 0 Å². The van der Waals surface area contributed by atoms with Crippen LogP contribution in [0.4, 0.5) is 4.39 Å². The number of nitrogens with one attached hydrogen (secondary N) is 1. The van der Waals surface area contributed by atoms with E-state index in [9.17, 15) is 9.18 Å². The van der Waals surface area contributed by atoms with E-state index in [1.807, 2.05) is 13.8 Å². The molecule has 1 aromatic rings. The van der Waals surface area contributed by atoms with Crippen molar-refractivity contribution >= 4 is 21.8 Å². The maximum absolute atomic E-state index is 13.7. The second-order valence-electron chi connectivity index (χ2n) is 4.49. The van der Waals surface area contributed by atoms with Crippen molar-refractivity contribution < 1.29 is 9.18 Å². The molecule has 94 valence electrons. The Labute approximate surface area is 109 Å². The number of carbonyl (C=O) groups is 1. The van der Waals surface area contributed by atoms with Crippen LogP contribution in [0.5, 0.6) is 0 Å². The zero-order valence-electron chi connectivity index (χ0n) is 9.89. The summed E-state index contributed by atoms with van der Waals surface area (Å²) in [6.45, 7) is 4.02. The lowest BCUT2D eigenvalue weighted by Gasteiger charge is -2.26. The molecule has 0 aliphatic heterocycles. The molecule has 0 aliphatic carbocycles. The summed E-state index contributed by atoms with van der Waals surface area (Å²) in [6.07, 6.45) is 0. The number of carbonyl (C=O) groups excluding carboxylic acids is 1. The van der Waals surface area contributed by atoms with Gasteiger partial charge in [0.05, 0.1) is 6.54 Å². The fraction of sp³-hybridized carbons (Fsp3) is 0.417. The van der Waals surface area contributed by atoms with Gasteiger partial charge in [-0.1, -0.05) is 29.8 Å². The standard InChI is InChI=1S/C12H16BrFN2O/c1-12(2,7-16-11(17)6-15)9-5-8(13)3-4-10(9)14/h3-5H,6-7,15H2,1-2H3,(H,16,17). The SMILES string of the molecule is CC(C)(CNC(=O)CN)c1cc(Br)ccc1F. The highest BCUT2D eigenvalue weighted by atomic mass is 79.9. The van der Waals surface area contributed by atoms with E-state index in [4.69, 9.17) is 5.73 Å². The quantitative estimate of drug-likeness (QED) is 0.893. The van der Waals surface area contributed by atoms with Gasteiger partial charge in [-0.25, -0.2) is 4.39 Å². The van der Waals surface area contributed by atoms with Gasteiger partial charge in [-0.3, -0.25) is 4.79 Å². The molecule has 0 saturated heterocycles. The molecule has 1 amide bonds. The highest BCUT2D eigenvalue weighted by Gasteiger charge is 2.24. The third-order valence-corrected chi connectivity index (χ3v) is 3.06. The molecule has 0 atom stereocenters. The van der Waals surface area contributed by atoms with Gasteiger partial charge in [0.15, 0.2) is 0 Å². The minimum Gasteiger partial charge on any atom is -0.354 e. The summed E-state index contributed by atoms with van der Waals surface area (Å²) in [5, 5.41) is 2.67. The van der Waals surface area contributed by atoms with Gasteiger partial charge < -0.3 is 11.1 Å². The van der Waals surface area contributed by atoms with Crippen molar-refractivity contribution in [2.75, 3.05) is 13.1 Å². The smallest absolute Gasteiger partial charge is 0.233 e. The Bertz CT molecular complexity index is 421. The second-order valence-corrected chi connectivity index (χ2v) is 5.40. The van der Waals surface area contributed by atoms with Gasteiger partial charge in [0.25, 0.3) is 0 Å². The lowest BCUT2D eigenvalue weighted by atomic mass is 9.84. The molecule has 5 heteroatoms. The molecule has 0 aliphatic rings. The fourth-order valence-electron chi connectivity index (χ4n) is 1.50. The van der Waals surface area contributed by atoms with Crippen molar-refractivity contribution in [1.29, 1.82) is 0 Å². The molecule has 3 N–H and O–H groups in total. The first-order valence-electron chi connectivity index (χ1n) is 5.29. The van der Waals surface area contributed by atoms with Crippen molar-refractivity contribution in [3.05, 3.63) is 34.1 Å². The number of halogens is 2. The summed E-state index contributed by atoms with van der Waals surface area (Å²) in [6, 6.07) is 4.78. The minimum absolute atomic E-state index is 0.0585. The van der Waals surface area contributed by atoms with Gasteiger partial charge in [0, 0.05) is 16.4 Å². The average molecular weight is 303 g/mol. The predicted octanol–water partition coefficient (Wildman–Crippen LogP) is 1.94. The van der Waals surface area contributed by atoms with Crippen LogP contribution in [0.25, 0.3) is 0 Å². The summed E-state index contributed by atoms with van der Waals surface area (Å²) in [7, 11) is 0. The van der Waals surface area contributed by atoms with Gasteiger partial charge in [0.1, 0.15) is 5.82 Å². The van der Waals surface area contributed by atoms with Crippen LogP contribution < -0.4 is 11.1 Å². The van der Waals surface area contributed by atoms with Crippen LogP contribution in [0.2, 0.25) is 0 Å². The maximum atomic E-state index is 13.7. The molecule has 0 bridgehead atoms. The summed E-state index contributed by atoms with van der Waals surface area (Å²) in [4.78, 5) is 11.1. The van der Waals surface area contributed by atoms with Crippen molar-refractivity contribution in [2.45, 2.75) is 19.3 Å². The summed E-state index contributed by atoms with van der Waals surface area (Å²) in [5.74, 6) is -0.520. The van der Waals surface area contributed by atoms with E-state index in [0.717, 1.165) is 4.47 Å². The topological polar surface area (TPSA) is 55.1 Å². The molecule has 0 fully saturated rings. The highest BCUT2D eigenvalue weighted by molar-refractivity contribution is 9.10. The number of benzene rings is 1. The molecule has 0 radical (unpaired) electrons. The average Bonchev–Trinajstić information content (AvgIpc) is 2.29. The van der Waals surface area contributed by atoms with E-state index in [2.05, 4.69) is 21.2 Å². The zero-order chi connectivity index (χ0) is 13.1. The fourth-order valence-corrected chi connectivity index (χ4v) is 1.86. The van der Waals surface area contributed by atoms with Crippen LogP contribution in [0.3, 0.4) is 0 Å². The van der Waals surface area contributed by atoms with E-state index >= 15 is 0 Å². The first-order chi connectivity index (χ1) is 7.86. The second kappa shape index (κ2) is 5.60. The Kier molecular flexibility index (Phi) is 4.65. The summed E-state index contributed by atoms with van der Waals surface area (Å²) >= 11 is 3.31. The van der Waals surface area contributed by atoms with E-state index in [1.165, 1.54) is 6.07 Å². The van der Waals surface area contributed by atoms with Crippen LogP contribution in [0.15, 0.2) is 22.7 Å². The molecule has 1 aromatic carbocycles. The summed E-state index contributed by atoms with van der Waals surface area (Å²) < 4.78 is 14.5. The Morgan fingerprint density at radius 2 is 2.18 bits per heavy atom. The molecule has 0 heterocycles. The Balaban J connectivity index is 2.88. The van der Waals surface area contributed by atoms with Crippen LogP contribution in [-0.2, 0) is 10.2 Å². The zero-order valence-corrected chi connectivity index (χ0v) is 11.5. The van der Waals surface area contributed by atoms with Gasteiger partial charge in [0.2, 0.25) is 5.91 Å². The van der Waals surface area contributed by atoms with Crippen LogP contribution >= 0.6 is 15.9 Å². The largest absolute Gasteiger partial charge is 0.354 e. The normalized spacial score (nSPS) is 11.4. The Hall–Kier alpha value is -0.940. The molecule has 1 rings (SSSR count). The number of hydrogen-bond donors (Lipinski definition) is 2. The minimum atomic E-state index is -0.487. The predicted molar refractivity (Wildman–Crippen MR) is 69.2 cm³/mol. The lowest BCUT2D eigenvalue weighted by molar-refractivity contribution is -0.119. The highest BCUT2D eigenvalue weighted by Crippen LogP contribution is 2.27. The van der Waals surface area contributed by atoms with Crippen molar-refractivity contribution in [3.8, 4) is 0 Å². The number of hydrogen-bond acceptors (Lipinski definition) is 2. The molecule has 17 heavy (non-hydrogen) atoms. The van der Waals surface area contributed by atoms with Crippen molar-refractivity contribution in [1.82, 2.24) is 5.32 Å². The molecular weight excluding hydrogens is 287 g/mol. The molecule has 0 saturated carbocycles. The number of nitrogens with two attached hydrogens (primary N) is 1. The first kappa shape index (κ1) is 14.1. The van der Waals surface area contributed by atoms with Crippen LogP contribution in [0, 0.1) is 5.82 Å². The Morgan fingerprint density at radius 3 is 2.76 bits per heavy atom. The van der Waals surface area contributed by atoms with E-state index < -0.39 is 5.41 Å². The van der Waals surface area contributed by atoms with Crippen LogP contribution in [-0.4, -0.2) is 19.0 Å².